The van der Waals surface area contributed by atoms with Crippen LogP contribution in [0, 0.1) is 0 Å². The summed E-state index contributed by atoms with van der Waals surface area (Å²) in [4.78, 5) is 19.1. The van der Waals surface area contributed by atoms with Crippen LogP contribution in [0.3, 0.4) is 0 Å². The Morgan fingerprint density at radius 3 is 2.58 bits per heavy atom. The monoisotopic (exact) mass is 178 g/mol. The van der Waals surface area contributed by atoms with E-state index in [0.29, 0.717) is 6.61 Å². The van der Waals surface area contributed by atoms with Gasteiger partial charge in [-0.05, 0) is 6.92 Å². The second-order valence-corrected chi connectivity index (χ2v) is 2.00. The van der Waals surface area contributed by atoms with Crippen LogP contribution in [-0.2, 0) is 24.0 Å². The van der Waals surface area contributed by atoms with Gasteiger partial charge in [-0.25, -0.2) is 4.79 Å². The zero-order chi connectivity index (χ0) is 9.40. The molecule has 0 rings (SSSR count). The van der Waals surface area contributed by atoms with Gasteiger partial charge in [-0.1, -0.05) is 0 Å². The standard InChI is InChI=1S/C7H14O5/c1-4-10-5-7(9-3)12-11-6(2)8/h7H,4-5H2,1-3H3. The Hall–Kier alpha value is -0.650. The van der Waals surface area contributed by atoms with Gasteiger partial charge >= 0.3 is 5.97 Å². The first-order valence-corrected chi connectivity index (χ1v) is 3.65. The van der Waals surface area contributed by atoms with Crippen LogP contribution < -0.4 is 0 Å². The molecule has 0 fully saturated rings. The summed E-state index contributed by atoms with van der Waals surface area (Å²) in [6, 6.07) is 0. The minimum Gasteiger partial charge on any atom is -0.376 e. The van der Waals surface area contributed by atoms with Crippen molar-refractivity contribution in [1.29, 1.82) is 0 Å². The predicted molar refractivity (Wildman–Crippen MR) is 40.1 cm³/mol. The molecule has 0 saturated heterocycles. The van der Waals surface area contributed by atoms with Gasteiger partial charge in [0.1, 0.15) is 6.61 Å². The Balaban J connectivity index is 3.45. The molecule has 12 heavy (non-hydrogen) atoms. The first-order chi connectivity index (χ1) is 5.70. The molecular weight excluding hydrogens is 164 g/mol. The van der Waals surface area contributed by atoms with E-state index in [2.05, 4.69) is 9.78 Å². The van der Waals surface area contributed by atoms with Crippen molar-refractivity contribution in [2.75, 3.05) is 20.3 Å². The van der Waals surface area contributed by atoms with E-state index in [9.17, 15) is 4.79 Å². The highest BCUT2D eigenvalue weighted by Crippen LogP contribution is 1.95. The van der Waals surface area contributed by atoms with Gasteiger partial charge in [0.15, 0.2) is 0 Å². The third-order valence-corrected chi connectivity index (χ3v) is 0.994. The number of carbonyl (C=O) groups is 1. The number of ether oxygens (including phenoxy) is 2. The average molecular weight is 178 g/mol. The van der Waals surface area contributed by atoms with Crippen LogP contribution in [-0.4, -0.2) is 32.6 Å². The van der Waals surface area contributed by atoms with Crippen LogP contribution >= 0.6 is 0 Å². The van der Waals surface area contributed by atoms with E-state index in [4.69, 9.17) is 9.47 Å². The summed E-state index contributed by atoms with van der Waals surface area (Å²) in [5.41, 5.74) is 0. The lowest BCUT2D eigenvalue weighted by Gasteiger charge is -2.12. The molecule has 72 valence electrons. The lowest BCUT2D eigenvalue weighted by atomic mass is 10.7. The molecule has 0 aromatic heterocycles. The van der Waals surface area contributed by atoms with Crippen LogP contribution in [0.2, 0.25) is 0 Å². The summed E-state index contributed by atoms with van der Waals surface area (Å²) in [5, 5.41) is 0. The minimum absolute atomic E-state index is 0.236. The number of hydrogen-bond acceptors (Lipinski definition) is 5. The van der Waals surface area contributed by atoms with Gasteiger partial charge in [-0.15, -0.1) is 0 Å². The van der Waals surface area contributed by atoms with E-state index in [0.717, 1.165) is 0 Å². The van der Waals surface area contributed by atoms with Crippen molar-refractivity contribution in [2.24, 2.45) is 0 Å². The van der Waals surface area contributed by atoms with Crippen LogP contribution in [0.1, 0.15) is 13.8 Å². The van der Waals surface area contributed by atoms with Crippen LogP contribution in [0.4, 0.5) is 0 Å². The average Bonchev–Trinajstić information content (AvgIpc) is 2.05. The van der Waals surface area contributed by atoms with E-state index in [1.807, 2.05) is 6.92 Å². The highest BCUT2D eigenvalue weighted by atomic mass is 17.2. The molecule has 5 nitrogen and oxygen atoms in total. The number of rotatable bonds is 6. The Bertz CT molecular complexity index is 125. The zero-order valence-corrected chi connectivity index (χ0v) is 7.53. The summed E-state index contributed by atoms with van der Waals surface area (Å²) in [6.45, 7) is 3.88. The Labute approximate surface area is 71.5 Å². The van der Waals surface area contributed by atoms with Crippen molar-refractivity contribution in [3.05, 3.63) is 0 Å². The SMILES string of the molecule is CCOCC(OC)OOC(C)=O. The molecule has 0 aromatic carbocycles. The molecule has 0 bridgehead atoms. The summed E-state index contributed by atoms with van der Waals surface area (Å²) in [5.74, 6) is -0.520. The molecule has 0 N–H and O–H groups in total. The Morgan fingerprint density at radius 1 is 1.50 bits per heavy atom. The normalized spacial score (nSPS) is 12.6. The third-order valence-electron chi connectivity index (χ3n) is 0.994. The summed E-state index contributed by atoms with van der Waals surface area (Å²) < 4.78 is 9.76. The van der Waals surface area contributed by atoms with E-state index in [1.165, 1.54) is 14.0 Å². The fourth-order valence-corrected chi connectivity index (χ4v) is 0.471. The van der Waals surface area contributed by atoms with Gasteiger partial charge in [-0.2, -0.15) is 4.89 Å². The lowest BCUT2D eigenvalue weighted by molar-refractivity contribution is -0.353. The molecule has 0 aliphatic heterocycles. The number of methoxy groups -OCH3 is 1. The molecule has 0 aromatic rings. The highest BCUT2D eigenvalue weighted by molar-refractivity contribution is 5.65. The van der Waals surface area contributed by atoms with Crippen LogP contribution in [0.5, 0.6) is 0 Å². The van der Waals surface area contributed by atoms with Gasteiger partial charge in [0.25, 0.3) is 0 Å². The topological polar surface area (TPSA) is 54.0 Å². The largest absolute Gasteiger partial charge is 0.376 e. The molecule has 5 heteroatoms. The second-order valence-electron chi connectivity index (χ2n) is 2.00. The van der Waals surface area contributed by atoms with Crippen molar-refractivity contribution in [3.63, 3.8) is 0 Å². The fraction of sp³-hybridized carbons (Fsp3) is 0.857. The van der Waals surface area contributed by atoms with E-state index in [1.54, 1.807) is 0 Å². The molecular formula is C7H14O5. The fourth-order valence-electron chi connectivity index (χ4n) is 0.471. The number of hydrogen-bond donors (Lipinski definition) is 0. The maximum absolute atomic E-state index is 10.3. The van der Waals surface area contributed by atoms with Gasteiger partial charge in [0, 0.05) is 20.6 Å². The summed E-state index contributed by atoms with van der Waals surface area (Å²) in [6.07, 6.45) is -0.658. The van der Waals surface area contributed by atoms with Crippen molar-refractivity contribution in [2.45, 2.75) is 20.1 Å². The lowest BCUT2D eigenvalue weighted by Crippen LogP contribution is -2.23. The van der Waals surface area contributed by atoms with E-state index >= 15 is 0 Å². The summed E-state index contributed by atoms with van der Waals surface area (Å²) >= 11 is 0. The Kier molecular flexibility index (Phi) is 6.64. The van der Waals surface area contributed by atoms with Gasteiger partial charge in [0.05, 0.1) is 0 Å². The molecule has 1 unspecified atom stereocenters. The van der Waals surface area contributed by atoms with Gasteiger partial charge in [-0.3, -0.25) is 4.89 Å². The zero-order valence-electron chi connectivity index (χ0n) is 7.53. The quantitative estimate of drug-likeness (QED) is 0.336. The molecule has 0 heterocycles. The second kappa shape index (κ2) is 7.02. The van der Waals surface area contributed by atoms with Gasteiger partial charge < -0.3 is 9.47 Å². The smallest absolute Gasteiger partial charge is 0.339 e. The first-order valence-electron chi connectivity index (χ1n) is 3.65. The van der Waals surface area contributed by atoms with E-state index < -0.39 is 12.3 Å². The molecule has 0 aliphatic carbocycles. The molecule has 1 atom stereocenters. The molecule has 0 radical (unpaired) electrons. The van der Waals surface area contributed by atoms with Crippen LogP contribution in [0.25, 0.3) is 0 Å². The summed E-state index contributed by atoms with van der Waals surface area (Å²) in [7, 11) is 1.44. The van der Waals surface area contributed by atoms with Crippen molar-refractivity contribution < 1.29 is 24.0 Å². The molecule has 0 amide bonds. The van der Waals surface area contributed by atoms with Gasteiger partial charge in [0.2, 0.25) is 6.29 Å². The third kappa shape index (κ3) is 6.09. The van der Waals surface area contributed by atoms with E-state index in [-0.39, 0.29) is 6.61 Å². The highest BCUT2D eigenvalue weighted by Gasteiger charge is 2.09. The minimum atomic E-state index is -0.658. The molecule has 0 saturated carbocycles. The molecule has 0 spiro atoms. The van der Waals surface area contributed by atoms with Crippen molar-refractivity contribution >= 4 is 5.97 Å². The van der Waals surface area contributed by atoms with Crippen molar-refractivity contribution in [3.8, 4) is 0 Å². The molecule has 0 aliphatic rings. The first kappa shape index (κ1) is 11.4. The maximum Gasteiger partial charge on any atom is 0.339 e. The Morgan fingerprint density at radius 2 is 2.17 bits per heavy atom. The maximum atomic E-state index is 10.3. The van der Waals surface area contributed by atoms with Crippen molar-refractivity contribution in [1.82, 2.24) is 0 Å². The predicted octanol–water partition coefficient (Wildman–Crippen LogP) is 0.490. The van der Waals surface area contributed by atoms with Crippen LogP contribution in [0.15, 0.2) is 0 Å². The number of carbonyl (C=O) groups excluding carboxylic acids is 1.